The van der Waals surface area contributed by atoms with Crippen LogP contribution in [0.15, 0.2) is 18.2 Å². The molecule has 1 N–H and O–H groups in total. The standard InChI is InChI=1S/C19H30BO5/c1-18(2,21)19(3,4)25-20-15-6-7-16(17(12-15)22-5)24-13-14-8-10-23-11-9-14/h6-7,12,14,21H,8-11,13H2,1-5H3. The van der Waals surface area contributed by atoms with Crippen LogP contribution in [0.25, 0.3) is 0 Å². The number of aliphatic hydroxyl groups is 1. The van der Waals surface area contributed by atoms with Crippen molar-refractivity contribution in [2.24, 2.45) is 5.92 Å². The number of benzene rings is 1. The molecule has 5 nitrogen and oxygen atoms in total. The van der Waals surface area contributed by atoms with Gasteiger partial charge in [-0.2, -0.15) is 0 Å². The van der Waals surface area contributed by atoms with E-state index in [4.69, 9.17) is 18.9 Å². The van der Waals surface area contributed by atoms with E-state index in [2.05, 4.69) is 0 Å². The molecule has 1 radical (unpaired) electrons. The summed E-state index contributed by atoms with van der Waals surface area (Å²) in [7, 11) is 3.27. The second-order valence-electron chi connectivity index (χ2n) is 7.58. The summed E-state index contributed by atoms with van der Waals surface area (Å²) in [5, 5.41) is 10.2. The van der Waals surface area contributed by atoms with Gasteiger partial charge in [0.2, 0.25) is 0 Å². The van der Waals surface area contributed by atoms with Gasteiger partial charge in [0.25, 0.3) is 0 Å². The summed E-state index contributed by atoms with van der Waals surface area (Å²) < 4.78 is 22.6. The lowest BCUT2D eigenvalue weighted by Gasteiger charge is -2.37. The van der Waals surface area contributed by atoms with E-state index in [0.29, 0.717) is 18.3 Å². The van der Waals surface area contributed by atoms with E-state index in [1.807, 2.05) is 32.0 Å². The molecule has 0 unspecified atom stereocenters. The molecule has 1 aromatic carbocycles. The molecular formula is C19H30BO5. The summed E-state index contributed by atoms with van der Waals surface area (Å²) in [6.07, 6.45) is 2.07. The van der Waals surface area contributed by atoms with Crippen LogP contribution in [-0.2, 0) is 9.39 Å². The highest BCUT2D eigenvalue weighted by molar-refractivity contribution is 6.47. The third-order valence-corrected chi connectivity index (χ3v) is 4.97. The van der Waals surface area contributed by atoms with E-state index in [-0.39, 0.29) is 0 Å². The van der Waals surface area contributed by atoms with Gasteiger partial charge in [0.15, 0.2) is 11.5 Å². The van der Waals surface area contributed by atoms with Crippen molar-refractivity contribution >= 4 is 12.9 Å². The van der Waals surface area contributed by atoms with Crippen LogP contribution >= 0.6 is 0 Å². The highest BCUT2D eigenvalue weighted by Gasteiger charge is 2.35. The first-order chi connectivity index (χ1) is 11.7. The van der Waals surface area contributed by atoms with Gasteiger partial charge in [0, 0.05) is 13.2 Å². The predicted octanol–water partition coefficient (Wildman–Crippen LogP) is 2.31. The number of hydrogen-bond acceptors (Lipinski definition) is 5. The minimum absolute atomic E-state index is 0.528. The molecule has 1 saturated heterocycles. The fourth-order valence-corrected chi connectivity index (χ4v) is 2.36. The molecule has 0 saturated carbocycles. The second kappa shape index (κ2) is 8.43. The zero-order valence-electron chi connectivity index (χ0n) is 16.0. The van der Waals surface area contributed by atoms with E-state index in [9.17, 15) is 5.11 Å². The van der Waals surface area contributed by atoms with Gasteiger partial charge in [-0.1, -0.05) is 6.07 Å². The molecule has 25 heavy (non-hydrogen) atoms. The molecule has 1 aromatic rings. The molecule has 1 aliphatic heterocycles. The lowest BCUT2D eigenvalue weighted by molar-refractivity contribution is -0.0893. The van der Waals surface area contributed by atoms with E-state index < -0.39 is 11.2 Å². The maximum absolute atomic E-state index is 10.2. The monoisotopic (exact) mass is 349 g/mol. The average molecular weight is 349 g/mol. The fourth-order valence-electron chi connectivity index (χ4n) is 2.36. The van der Waals surface area contributed by atoms with Gasteiger partial charge in [0.1, 0.15) is 0 Å². The number of rotatable bonds is 8. The average Bonchev–Trinajstić information content (AvgIpc) is 2.58. The van der Waals surface area contributed by atoms with E-state index in [1.165, 1.54) is 0 Å². The Balaban J connectivity index is 1.96. The Morgan fingerprint density at radius 2 is 1.84 bits per heavy atom. The Morgan fingerprint density at radius 3 is 2.44 bits per heavy atom. The van der Waals surface area contributed by atoms with Crippen LogP contribution in [0.3, 0.4) is 0 Å². The lowest BCUT2D eigenvalue weighted by Crippen LogP contribution is -2.49. The number of ether oxygens (including phenoxy) is 3. The largest absolute Gasteiger partial charge is 0.493 e. The van der Waals surface area contributed by atoms with Crippen molar-refractivity contribution in [1.29, 1.82) is 0 Å². The molecule has 0 aliphatic carbocycles. The van der Waals surface area contributed by atoms with Crippen molar-refractivity contribution in [3.8, 4) is 11.5 Å². The van der Waals surface area contributed by atoms with Crippen LogP contribution in [0.1, 0.15) is 40.5 Å². The first kappa shape index (κ1) is 20.1. The first-order valence-electron chi connectivity index (χ1n) is 8.85. The van der Waals surface area contributed by atoms with Gasteiger partial charge in [-0.25, -0.2) is 0 Å². The molecule has 1 fully saturated rings. The molecule has 6 heteroatoms. The molecule has 0 spiro atoms. The van der Waals surface area contributed by atoms with Gasteiger partial charge in [-0.3, -0.25) is 0 Å². The Labute approximate surface area is 151 Å². The van der Waals surface area contributed by atoms with Crippen LogP contribution in [-0.4, -0.2) is 50.7 Å². The van der Waals surface area contributed by atoms with Crippen LogP contribution in [0, 0.1) is 5.92 Å². The molecule has 0 aromatic heterocycles. The van der Waals surface area contributed by atoms with Crippen LogP contribution in [0.5, 0.6) is 11.5 Å². The van der Waals surface area contributed by atoms with Crippen LogP contribution in [0.2, 0.25) is 0 Å². The zero-order chi connectivity index (χ0) is 18.5. The zero-order valence-corrected chi connectivity index (χ0v) is 16.0. The molecule has 0 atom stereocenters. The third-order valence-electron chi connectivity index (χ3n) is 4.97. The van der Waals surface area contributed by atoms with Gasteiger partial charge >= 0.3 is 7.48 Å². The Morgan fingerprint density at radius 1 is 1.16 bits per heavy atom. The van der Waals surface area contributed by atoms with Crippen molar-refractivity contribution < 1.29 is 24.0 Å². The van der Waals surface area contributed by atoms with Crippen molar-refractivity contribution in [2.45, 2.75) is 51.7 Å². The minimum atomic E-state index is -0.958. The number of methoxy groups -OCH3 is 1. The Kier molecular flexibility index (Phi) is 6.77. The predicted molar refractivity (Wildman–Crippen MR) is 98.9 cm³/mol. The summed E-state index contributed by atoms with van der Waals surface area (Å²) in [6.45, 7) is 9.47. The maximum Gasteiger partial charge on any atom is 0.331 e. The summed E-state index contributed by atoms with van der Waals surface area (Å²) in [4.78, 5) is 0. The van der Waals surface area contributed by atoms with Crippen molar-refractivity contribution in [2.75, 3.05) is 26.9 Å². The van der Waals surface area contributed by atoms with Gasteiger partial charge < -0.3 is 24.0 Å². The summed E-state index contributed by atoms with van der Waals surface area (Å²) in [6, 6.07) is 5.69. The Hall–Kier alpha value is -1.24. The third kappa shape index (κ3) is 5.63. The highest BCUT2D eigenvalue weighted by atomic mass is 16.5. The van der Waals surface area contributed by atoms with Crippen molar-refractivity contribution in [3.05, 3.63) is 18.2 Å². The van der Waals surface area contributed by atoms with Gasteiger partial charge in [-0.05, 0) is 64.1 Å². The van der Waals surface area contributed by atoms with E-state index >= 15 is 0 Å². The number of hydrogen-bond donors (Lipinski definition) is 1. The molecule has 0 bridgehead atoms. The fraction of sp³-hybridized carbons (Fsp3) is 0.684. The lowest BCUT2D eigenvalue weighted by atomic mass is 9.82. The smallest absolute Gasteiger partial charge is 0.331 e. The molecular weight excluding hydrogens is 319 g/mol. The van der Waals surface area contributed by atoms with Crippen LogP contribution in [0.4, 0.5) is 0 Å². The summed E-state index contributed by atoms with van der Waals surface area (Å²) in [5.74, 6) is 1.93. The first-order valence-corrected chi connectivity index (χ1v) is 8.85. The molecule has 2 rings (SSSR count). The van der Waals surface area contributed by atoms with Crippen molar-refractivity contribution in [3.63, 3.8) is 0 Å². The highest BCUT2D eigenvalue weighted by Crippen LogP contribution is 2.28. The van der Waals surface area contributed by atoms with Crippen LogP contribution < -0.4 is 14.9 Å². The summed E-state index contributed by atoms with van der Waals surface area (Å²) in [5.41, 5.74) is -0.814. The molecule has 1 heterocycles. The van der Waals surface area contributed by atoms with E-state index in [1.54, 1.807) is 28.4 Å². The normalized spacial score (nSPS) is 16.6. The minimum Gasteiger partial charge on any atom is -0.493 e. The quantitative estimate of drug-likeness (QED) is 0.730. The van der Waals surface area contributed by atoms with Gasteiger partial charge in [-0.15, -0.1) is 0 Å². The topological polar surface area (TPSA) is 57.2 Å². The van der Waals surface area contributed by atoms with E-state index in [0.717, 1.165) is 37.3 Å². The molecule has 0 amide bonds. The Bertz CT molecular complexity index is 547. The summed E-state index contributed by atoms with van der Waals surface area (Å²) >= 11 is 0. The molecule has 139 valence electrons. The molecule has 1 aliphatic rings. The maximum atomic E-state index is 10.2. The van der Waals surface area contributed by atoms with Gasteiger partial charge in [0.05, 0.1) is 24.9 Å². The SMILES string of the molecule is COc1cc([B]OC(C)(C)C(C)(C)O)ccc1OCC1CCOCC1. The second-order valence-corrected chi connectivity index (χ2v) is 7.58. The van der Waals surface area contributed by atoms with Crippen molar-refractivity contribution in [1.82, 2.24) is 0 Å².